The fraction of sp³-hybridized carbons (Fsp3) is 0.364. The average molecular weight is 226 g/mol. The van der Waals surface area contributed by atoms with Gasteiger partial charge in [0.15, 0.2) is 0 Å². The molecule has 0 saturated heterocycles. The van der Waals surface area contributed by atoms with Crippen LogP contribution in [0.2, 0.25) is 0 Å². The van der Waals surface area contributed by atoms with Gasteiger partial charge in [-0.2, -0.15) is 0 Å². The average Bonchev–Trinajstić information content (AvgIpc) is 2.17. The first kappa shape index (κ1) is 12.4. The van der Waals surface area contributed by atoms with Crippen LogP contribution in [0.5, 0.6) is 5.75 Å². The van der Waals surface area contributed by atoms with E-state index in [1.54, 1.807) is 12.1 Å². The predicted molar refractivity (Wildman–Crippen MR) is 58.3 cm³/mol. The Morgan fingerprint density at radius 3 is 2.81 bits per heavy atom. The van der Waals surface area contributed by atoms with Gasteiger partial charge in [0.05, 0.1) is 12.1 Å². The number of halogens is 1. The first-order valence-electron chi connectivity index (χ1n) is 4.89. The van der Waals surface area contributed by atoms with E-state index in [4.69, 9.17) is 16.2 Å². The second-order valence-electron chi connectivity index (χ2n) is 3.84. The molecule has 1 atom stereocenters. The molecule has 0 bridgehead atoms. The summed E-state index contributed by atoms with van der Waals surface area (Å²) >= 11 is 0. The highest BCUT2D eigenvalue weighted by Crippen LogP contribution is 2.13. The van der Waals surface area contributed by atoms with Gasteiger partial charge in [-0.15, -0.1) is 0 Å². The fourth-order valence-corrected chi connectivity index (χ4v) is 1.06. The molecule has 5 heteroatoms. The van der Waals surface area contributed by atoms with E-state index in [1.165, 1.54) is 19.1 Å². The molecule has 0 spiro atoms. The van der Waals surface area contributed by atoms with E-state index in [0.717, 1.165) is 0 Å². The molecular weight excluding hydrogens is 211 g/mol. The van der Waals surface area contributed by atoms with Crippen LogP contribution in [0.15, 0.2) is 24.3 Å². The molecule has 0 radical (unpaired) electrons. The van der Waals surface area contributed by atoms with Gasteiger partial charge in [0.2, 0.25) is 5.91 Å². The van der Waals surface area contributed by atoms with Crippen LogP contribution < -0.4 is 16.2 Å². The summed E-state index contributed by atoms with van der Waals surface area (Å²) in [5, 5.41) is 0. The highest BCUT2D eigenvalue weighted by atomic mass is 19.1. The van der Waals surface area contributed by atoms with Gasteiger partial charge in [0.25, 0.3) is 0 Å². The minimum absolute atomic E-state index is 0.208. The largest absolute Gasteiger partial charge is 0.493 e. The molecule has 4 nitrogen and oxygen atoms in total. The summed E-state index contributed by atoms with van der Waals surface area (Å²) in [5.74, 6) is -0.557. The Kier molecular flexibility index (Phi) is 3.84. The van der Waals surface area contributed by atoms with E-state index in [1.807, 2.05) is 0 Å². The fourth-order valence-electron chi connectivity index (χ4n) is 1.06. The topological polar surface area (TPSA) is 78.3 Å². The molecule has 1 rings (SSSR count). The van der Waals surface area contributed by atoms with Gasteiger partial charge >= 0.3 is 0 Å². The standard InChI is InChI=1S/C11H15FN2O2/c1-11(14,10(13)15)5-6-16-9-4-2-3-8(12)7-9/h2-4,7H,5-6,14H2,1H3,(H2,13,15). The van der Waals surface area contributed by atoms with E-state index in [-0.39, 0.29) is 18.8 Å². The Hall–Kier alpha value is -1.62. The summed E-state index contributed by atoms with van der Waals surface area (Å²) in [4.78, 5) is 10.9. The zero-order valence-corrected chi connectivity index (χ0v) is 9.07. The van der Waals surface area contributed by atoms with Crippen molar-refractivity contribution in [2.75, 3.05) is 6.61 Å². The number of ether oxygens (including phenoxy) is 1. The molecule has 0 heterocycles. The van der Waals surface area contributed by atoms with Crippen molar-refractivity contribution in [1.82, 2.24) is 0 Å². The maximum atomic E-state index is 12.8. The summed E-state index contributed by atoms with van der Waals surface area (Å²) in [7, 11) is 0. The van der Waals surface area contributed by atoms with E-state index in [2.05, 4.69) is 0 Å². The third-order valence-electron chi connectivity index (χ3n) is 2.25. The Bertz CT molecular complexity index is 380. The summed E-state index contributed by atoms with van der Waals surface area (Å²) in [5.41, 5.74) is 9.62. The molecule has 1 aromatic carbocycles. The molecule has 0 aliphatic rings. The second-order valence-corrected chi connectivity index (χ2v) is 3.84. The highest BCUT2D eigenvalue weighted by Gasteiger charge is 2.25. The molecule has 0 aliphatic carbocycles. The molecule has 1 unspecified atom stereocenters. The van der Waals surface area contributed by atoms with Crippen LogP contribution in [-0.2, 0) is 4.79 Å². The zero-order valence-electron chi connectivity index (χ0n) is 9.07. The van der Waals surface area contributed by atoms with Crippen molar-refractivity contribution in [3.05, 3.63) is 30.1 Å². The number of hydrogen-bond donors (Lipinski definition) is 2. The predicted octanol–water partition coefficient (Wildman–Crippen LogP) is 0.797. The van der Waals surface area contributed by atoms with E-state index in [0.29, 0.717) is 5.75 Å². The maximum absolute atomic E-state index is 12.8. The lowest BCUT2D eigenvalue weighted by Gasteiger charge is -2.20. The van der Waals surface area contributed by atoms with Crippen molar-refractivity contribution >= 4 is 5.91 Å². The van der Waals surface area contributed by atoms with Crippen molar-refractivity contribution in [1.29, 1.82) is 0 Å². The molecule has 0 saturated carbocycles. The molecule has 1 aromatic rings. The lowest BCUT2D eigenvalue weighted by Crippen LogP contribution is -2.50. The van der Waals surface area contributed by atoms with E-state index in [9.17, 15) is 9.18 Å². The number of carbonyl (C=O) groups excluding carboxylic acids is 1. The summed E-state index contributed by atoms with van der Waals surface area (Å²) in [6, 6.07) is 5.75. The number of hydrogen-bond acceptors (Lipinski definition) is 3. The Morgan fingerprint density at radius 1 is 1.56 bits per heavy atom. The van der Waals surface area contributed by atoms with Crippen molar-refractivity contribution in [3.63, 3.8) is 0 Å². The highest BCUT2D eigenvalue weighted by molar-refractivity contribution is 5.83. The number of rotatable bonds is 5. The molecule has 16 heavy (non-hydrogen) atoms. The van der Waals surface area contributed by atoms with E-state index >= 15 is 0 Å². The molecule has 4 N–H and O–H groups in total. The number of nitrogens with two attached hydrogens (primary N) is 2. The number of carbonyl (C=O) groups is 1. The van der Waals surface area contributed by atoms with Crippen molar-refractivity contribution in [3.8, 4) is 5.75 Å². The van der Waals surface area contributed by atoms with Crippen LogP contribution in [0.3, 0.4) is 0 Å². The van der Waals surface area contributed by atoms with Gasteiger partial charge in [-0.1, -0.05) is 6.07 Å². The van der Waals surface area contributed by atoms with Crippen molar-refractivity contribution < 1.29 is 13.9 Å². The molecule has 0 aromatic heterocycles. The molecule has 0 aliphatic heterocycles. The molecular formula is C11H15FN2O2. The van der Waals surface area contributed by atoms with Gasteiger partial charge in [0, 0.05) is 12.5 Å². The number of amides is 1. The Morgan fingerprint density at radius 2 is 2.25 bits per heavy atom. The smallest absolute Gasteiger partial charge is 0.237 e. The van der Waals surface area contributed by atoms with Gasteiger partial charge in [0.1, 0.15) is 11.6 Å². The van der Waals surface area contributed by atoms with Crippen LogP contribution >= 0.6 is 0 Å². The van der Waals surface area contributed by atoms with Crippen LogP contribution in [-0.4, -0.2) is 18.1 Å². The van der Waals surface area contributed by atoms with Gasteiger partial charge < -0.3 is 16.2 Å². The summed E-state index contributed by atoms with van der Waals surface area (Å²) in [6.07, 6.45) is 0.277. The normalized spacial score (nSPS) is 14.2. The number of primary amides is 1. The van der Waals surface area contributed by atoms with Crippen LogP contribution in [0.1, 0.15) is 13.3 Å². The third kappa shape index (κ3) is 3.51. The first-order valence-corrected chi connectivity index (χ1v) is 4.89. The molecule has 88 valence electrons. The van der Waals surface area contributed by atoms with Crippen molar-refractivity contribution in [2.24, 2.45) is 11.5 Å². The lowest BCUT2D eigenvalue weighted by atomic mass is 9.99. The third-order valence-corrected chi connectivity index (χ3v) is 2.25. The first-order chi connectivity index (χ1) is 7.42. The van der Waals surface area contributed by atoms with Gasteiger partial charge in [-0.25, -0.2) is 4.39 Å². The Balaban J connectivity index is 2.45. The monoisotopic (exact) mass is 226 g/mol. The molecule has 0 fully saturated rings. The summed E-state index contributed by atoms with van der Waals surface area (Å²) in [6.45, 7) is 1.74. The second kappa shape index (κ2) is 4.94. The lowest BCUT2D eigenvalue weighted by molar-refractivity contribution is -0.123. The zero-order chi connectivity index (χ0) is 12.2. The van der Waals surface area contributed by atoms with E-state index < -0.39 is 11.4 Å². The number of benzene rings is 1. The molecule has 1 amide bonds. The quantitative estimate of drug-likeness (QED) is 0.779. The van der Waals surface area contributed by atoms with Crippen LogP contribution in [0, 0.1) is 5.82 Å². The van der Waals surface area contributed by atoms with Crippen LogP contribution in [0.25, 0.3) is 0 Å². The van der Waals surface area contributed by atoms with Crippen molar-refractivity contribution in [2.45, 2.75) is 18.9 Å². The van der Waals surface area contributed by atoms with Gasteiger partial charge in [-0.3, -0.25) is 4.79 Å². The minimum atomic E-state index is -1.10. The summed E-state index contributed by atoms with van der Waals surface area (Å²) < 4.78 is 18.0. The van der Waals surface area contributed by atoms with Crippen LogP contribution in [0.4, 0.5) is 4.39 Å². The van der Waals surface area contributed by atoms with Gasteiger partial charge in [-0.05, 0) is 19.1 Å². The minimum Gasteiger partial charge on any atom is -0.493 e. The maximum Gasteiger partial charge on any atom is 0.237 e. The SMILES string of the molecule is CC(N)(CCOc1cccc(F)c1)C(N)=O. The Labute approximate surface area is 93.4 Å².